The first kappa shape index (κ1) is 13.0. The molecule has 0 aliphatic carbocycles. The molecule has 0 aromatic heterocycles. The molecule has 0 saturated heterocycles. The van der Waals surface area contributed by atoms with Gasteiger partial charge in [-0.2, -0.15) is 0 Å². The van der Waals surface area contributed by atoms with Gasteiger partial charge in [0.05, 0.1) is 0 Å². The van der Waals surface area contributed by atoms with Gasteiger partial charge in [-0.3, -0.25) is 0 Å². The van der Waals surface area contributed by atoms with Crippen molar-refractivity contribution in [1.29, 1.82) is 0 Å². The Balaban J connectivity index is 2.82. The van der Waals surface area contributed by atoms with Crippen LogP contribution in [0, 0.1) is 6.92 Å². The van der Waals surface area contributed by atoms with Crippen molar-refractivity contribution in [2.45, 2.75) is 39.7 Å². The molecule has 1 rings (SSSR count). The van der Waals surface area contributed by atoms with E-state index in [0.717, 1.165) is 19.4 Å². The van der Waals surface area contributed by atoms with Crippen LogP contribution < -0.4 is 10.6 Å². The Labute approximate surface area is 99.5 Å². The van der Waals surface area contributed by atoms with Crippen molar-refractivity contribution in [2.75, 3.05) is 18.5 Å². The molecule has 2 nitrogen and oxygen atoms in total. The van der Waals surface area contributed by atoms with E-state index in [-0.39, 0.29) is 6.04 Å². The molecule has 2 N–H and O–H groups in total. The van der Waals surface area contributed by atoms with E-state index in [4.69, 9.17) is 5.73 Å². The molecule has 0 bridgehead atoms. The van der Waals surface area contributed by atoms with E-state index < -0.39 is 0 Å². The average molecular weight is 220 g/mol. The lowest BCUT2D eigenvalue weighted by Gasteiger charge is -2.20. The summed E-state index contributed by atoms with van der Waals surface area (Å²) in [7, 11) is 2.12. The van der Waals surface area contributed by atoms with Crippen LogP contribution in [0.1, 0.15) is 31.4 Å². The highest BCUT2D eigenvalue weighted by Gasteiger charge is 2.06. The lowest BCUT2D eigenvalue weighted by Crippen LogP contribution is -2.21. The second kappa shape index (κ2) is 5.90. The molecule has 0 heterocycles. The molecule has 90 valence electrons. The molecule has 0 aliphatic heterocycles. The van der Waals surface area contributed by atoms with Crippen LogP contribution in [-0.4, -0.2) is 19.6 Å². The predicted octanol–water partition coefficient (Wildman–Crippen LogP) is 2.73. The van der Waals surface area contributed by atoms with E-state index in [9.17, 15) is 0 Å². The molecule has 2 heteroatoms. The first-order chi connectivity index (χ1) is 7.58. The number of nitrogens with two attached hydrogens (primary N) is 1. The fourth-order valence-electron chi connectivity index (χ4n) is 1.89. The Hall–Kier alpha value is -1.02. The maximum atomic E-state index is 5.97. The zero-order valence-corrected chi connectivity index (χ0v) is 11.0. The standard InChI is InChI=1S/C14H24N2/c1-5-13(15)10-12-7-8-14(11(3)9-12)16(4)6-2/h7-9,13H,5-6,10,15H2,1-4H3. The topological polar surface area (TPSA) is 29.3 Å². The molecule has 16 heavy (non-hydrogen) atoms. The summed E-state index contributed by atoms with van der Waals surface area (Å²) < 4.78 is 0. The Kier molecular flexibility index (Phi) is 4.81. The van der Waals surface area contributed by atoms with Gasteiger partial charge in [0.1, 0.15) is 0 Å². The summed E-state index contributed by atoms with van der Waals surface area (Å²) in [6, 6.07) is 6.95. The van der Waals surface area contributed by atoms with Crippen LogP contribution in [-0.2, 0) is 6.42 Å². The van der Waals surface area contributed by atoms with Crippen LogP contribution >= 0.6 is 0 Å². The van der Waals surface area contributed by atoms with Crippen LogP contribution in [0.3, 0.4) is 0 Å². The van der Waals surface area contributed by atoms with Crippen molar-refractivity contribution in [3.63, 3.8) is 0 Å². The second-order valence-electron chi connectivity index (χ2n) is 4.51. The van der Waals surface area contributed by atoms with Crippen LogP contribution in [0.4, 0.5) is 5.69 Å². The molecule has 0 aliphatic rings. The van der Waals surface area contributed by atoms with Crippen LogP contribution in [0.5, 0.6) is 0 Å². The third-order valence-corrected chi connectivity index (χ3v) is 3.17. The lowest BCUT2D eigenvalue weighted by molar-refractivity contribution is 0.646. The maximum absolute atomic E-state index is 5.97. The third-order valence-electron chi connectivity index (χ3n) is 3.17. The normalized spacial score (nSPS) is 12.6. The molecule has 0 fully saturated rings. The summed E-state index contributed by atoms with van der Waals surface area (Å²) in [6.07, 6.45) is 2.02. The highest BCUT2D eigenvalue weighted by atomic mass is 15.1. The van der Waals surface area contributed by atoms with Gasteiger partial charge >= 0.3 is 0 Å². The molecule has 0 saturated carbocycles. The first-order valence-corrected chi connectivity index (χ1v) is 6.14. The molecular formula is C14H24N2. The zero-order valence-electron chi connectivity index (χ0n) is 11.0. The minimum Gasteiger partial charge on any atom is -0.375 e. The summed E-state index contributed by atoms with van der Waals surface area (Å²) in [5.74, 6) is 0. The van der Waals surface area contributed by atoms with Gasteiger partial charge in [0.15, 0.2) is 0 Å². The summed E-state index contributed by atoms with van der Waals surface area (Å²) in [5, 5.41) is 0. The molecule has 1 aromatic rings. The first-order valence-electron chi connectivity index (χ1n) is 6.14. The quantitative estimate of drug-likeness (QED) is 0.826. The van der Waals surface area contributed by atoms with Gasteiger partial charge in [-0.05, 0) is 43.9 Å². The number of hydrogen-bond acceptors (Lipinski definition) is 2. The van der Waals surface area contributed by atoms with Gasteiger partial charge in [-0.1, -0.05) is 19.1 Å². The Morgan fingerprint density at radius 2 is 2.00 bits per heavy atom. The number of nitrogens with zero attached hydrogens (tertiary/aromatic N) is 1. The van der Waals surface area contributed by atoms with Gasteiger partial charge in [-0.15, -0.1) is 0 Å². The van der Waals surface area contributed by atoms with Crippen LogP contribution in [0.2, 0.25) is 0 Å². The van der Waals surface area contributed by atoms with Crippen LogP contribution in [0.25, 0.3) is 0 Å². The van der Waals surface area contributed by atoms with Crippen molar-refractivity contribution in [3.05, 3.63) is 29.3 Å². The number of benzene rings is 1. The lowest BCUT2D eigenvalue weighted by atomic mass is 10.0. The van der Waals surface area contributed by atoms with E-state index in [0.29, 0.717) is 0 Å². The van der Waals surface area contributed by atoms with Gasteiger partial charge in [0.25, 0.3) is 0 Å². The molecule has 0 spiro atoms. The molecule has 1 atom stereocenters. The Morgan fingerprint density at radius 1 is 1.31 bits per heavy atom. The Morgan fingerprint density at radius 3 is 2.50 bits per heavy atom. The number of anilines is 1. The molecule has 0 amide bonds. The van der Waals surface area contributed by atoms with Gasteiger partial charge in [-0.25, -0.2) is 0 Å². The third kappa shape index (κ3) is 3.24. The highest BCUT2D eigenvalue weighted by Crippen LogP contribution is 2.20. The molecule has 0 radical (unpaired) electrons. The molecule has 1 unspecified atom stereocenters. The van der Waals surface area contributed by atoms with Gasteiger partial charge < -0.3 is 10.6 Å². The average Bonchev–Trinajstić information content (AvgIpc) is 2.28. The SMILES string of the molecule is CCC(N)Cc1ccc(N(C)CC)c(C)c1. The smallest absolute Gasteiger partial charge is 0.0393 e. The van der Waals surface area contributed by atoms with Gasteiger partial charge in [0, 0.05) is 25.3 Å². The van der Waals surface area contributed by atoms with E-state index >= 15 is 0 Å². The number of rotatable bonds is 5. The monoisotopic (exact) mass is 220 g/mol. The number of aryl methyl sites for hydroxylation is 1. The fourth-order valence-corrected chi connectivity index (χ4v) is 1.89. The highest BCUT2D eigenvalue weighted by molar-refractivity contribution is 5.53. The maximum Gasteiger partial charge on any atom is 0.0393 e. The van der Waals surface area contributed by atoms with E-state index in [2.05, 4.69) is 50.9 Å². The predicted molar refractivity (Wildman–Crippen MR) is 72.1 cm³/mol. The van der Waals surface area contributed by atoms with Crippen molar-refractivity contribution < 1.29 is 0 Å². The van der Waals surface area contributed by atoms with E-state index in [1.54, 1.807) is 0 Å². The second-order valence-corrected chi connectivity index (χ2v) is 4.51. The van der Waals surface area contributed by atoms with Crippen molar-refractivity contribution >= 4 is 5.69 Å². The van der Waals surface area contributed by atoms with Crippen molar-refractivity contribution in [1.82, 2.24) is 0 Å². The summed E-state index contributed by atoms with van der Waals surface area (Å²) in [6.45, 7) is 7.51. The summed E-state index contributed by atoms with van der Waals surface area (Å²) >= 11 is 0. The zero-order chi connectivity index (χ0) is 12.1. The summed E-state index contributed by atoms with van der Waals surface area (Å²) in [5.41, 5.74) is 9.97. The van der Waals surface area contributed by atoms with Gasteiger partial charge in [0.2, 0.25) is 0 Å². The molecule has 1 aromatic carbocycles. The number of hydrogen-bond donors (Lipinski definition) is 1. The Bertz CT molecular complexity index is 334. The molecular weight excluding hydrogens is 196 g/mol. The van der Waals surface area contributed by atoms with Crippen molar-refractivity contribution in [2.24, 2.45) is 5.73 Å². The minimum atomic E-state index is 0.286. The fraction of sp³-hybridized carbons (Fsp3) is 0.571. The minimum absolute atomic E-state index is 0.286. The van der Waals surface area contributed by atoms with Crippen LogP contribution in [0.15, 0.2) is 18.2 Å². The van der Waals surface area contributed by atoms with E-state index in [1.165, 1.54) is 16.8 Å². The van der Waals surface area contributed by atoms with Crippen molar-refractivity contribution in [3.8, 4) is 0 Å². The van der Waals surface area contributed by atoms with E-state index in [1.807, 2.05) is 0 Å². The summed E-state index contributed by atoms with van der Waals surface area (Å²) in [4.78, 5) is 2.26. The largest absolute Gasteiger partial charge is 0.375 e.